The summed E-state index contributed by atoms with van der Waals surface area (Å²) in [5.41, 5.74) is 0. The van der Waals surface area contributed by atoms with Gasteiger partial charge in [-0.25, -0.2) is 0 Å². The summed E-state index contributed by atoms with van der Waals surface area (Å²) in [5.74, 6) is 0.423. The third kappa shape index (κ3) is 1.92. The highest BCUT2D eigenvalue weighted by atomic mass is 32.2. The minimum Gasteiger partial charge on any atom is -0.339 e. The Morgan fingerprint density at radius 1 is 1.83 bits per heavy atom. The van der Waals surface area contributed by atoms with Crippen LogP contribution in [0.1, 0.15) is 19.8 Å². The number of rotatable bonds is 3. The van der Waals surface area contributed by atoms with Gasteiger partial charge in [-0.2, -0.15) is 5.26 Å². The minimum absolute atomic E-state index is 0.111. The van der Waals surface area contributed by atoms with Crippen molar-refractivity contribution in [2.24, 2.45) is 0 Å². The van der Waals surface area contributed by atoms with Crippen molar-refractivity contribution in [2.45, 2.75) is 25.8 Å². The molecule has 0 spiro atoms. The van der Waals surface area contributed by atoms with Gasteiger partial charge in [0.15, 0.2) is 0 Å². The minimum atomic E-state index is 0.111. The Morgan fingerprint density at radius 2 is 2.58 bits per heavy atom. The molecule has 1 unspecified atom stereocenters. The van der Waals surface area contributed by atoms with Crippen LogP contribution in [0.5, 0.6) is 0 Å². The Bertz CT molecular complexity index is 210. The Hall–Kier alpha value is -0.690. The van der Waals surface area contributed by atoms with Gasteiger partial charge in [-0.05, 0) is 24.6 Å². The van der Waals surface area contributed by atoms with Crippen LogP contribution in [0.2, 0.25) is 0 Å². The molecule has 0 aliphatic carbocycles. The van der Waals surface area contributed by atoms with Gasteiger partial charge in [-0.1, -0.05) is 6.92 Å². The molecule has 1 amide bonds. The summed E-state index contributed by atoms with van der Waals surface area (Å²) in [6.07, 6.45) is 2.16. The first kappa shape index (κ1) is 9.40. The molecule has 1 aliphatic heterocycles. The van der Waals surface area contributed by atoms with E-state index in [0.717, 1.165) is 31.1 Å². The number of hydrogen-bond acceptors (Lipinski definition) is 3. The molecule has 0 aromatic heterocycles. The molecule has 1 rings (SSSR count). The molecular formula is C8H12N2OS. The standard InChI is InChI=1S/C8H12N2OS/c1-2-7-3-4-10(7)8(11)5-12-6-9/h7H,2-5H2,1H3. The van der Waals surface area contributed by atoms with E-state index in [9.17, 15) is 4.79 Å². The van der Waals surface area contributed by atoms with Crippen molar-refractivity contribution in [3.05, 3.63) is 0 Å². The van der Waals surface area contributed by atoms with Crippen LogP contribution in [0.4, 0.5) is 0 Å². The number of thiocyanates is 1. The maximum Gasteiger partial charge on any atom is 0.233 e. The van der Waals surface area contributed by atoms with Crippen LogP contribution >= 0.6 is 11.8 Å². The van der Waals surface area contributed by atoms with Crippen LogP contribution < -0.4 is 0 Å². The molecule has 1 heterocycles. The highest BCUT2D eigenvalue weighted by Gasteiger charge is 2.29. The van der Waals surface area contributed by atoms with Crippen molar-refractivity contribution < 1.29 is 4.79 Å². The second-order valence-corrected chi connectivity index (χ2v) is 3.58. The number of likely N-dealkylation sites (tertiary alicyclic amines) is 1. The summed E-state index contributed by atoms with van der Waals surface area (Å²) in [6.45, 7) is 2.96. The average molecular weight is 184 g/mol. The summed E-state index contributed by atoms with van der Waals surface area (Å²) in [6, 6.07) is 0.441. The number of nitriles is 1. The monoisotopic (exact) mass is 184 g/mol. The molecule has 1 fully saturated rings. The fraction of sp³-hybridized carbons (Fsp3) is 0.750. The van der Waals surface area contributed by atoms with Crippen LogP contribution in [0.3, 0.4) is 0 Å². The molecule has 3 nitrogen and oxygen atoms in total. The molecule has 1 aliphatic rings. The normalized spacial score (nSPS) is 21.3. The highest BCUT2D eigenvalue weighted by Crippen LogP contribution is 2.20. The Kier molecular flexibility index (Phi) is 3.42. The van der Waals surface area contributed by atoms with E-state index in [0.29, 0.717) is 11.8 Å². The highest BCUT2D eigenvalue weighted by molar-refractivity contribution is 8.04. The predicted molar refractivity (Wildman–Crippen MR) is 48.5 cm³/mol. The first-order valence-corrected chi connectivity index (χ1v) is 5.08. The quantitative estimate of drug-likeness (QED) is 0.619. The average Bonchev–Trinajstić information content (AvgIpc) is 2.00. The maximum absolute atomic E-state index is 11.3. The predicted octanol–water partition coefficient (Wildman–Crippen LogP) is 1.21. The smallest absolute Gasteiger partial charge is 0.233 e. The summed E-state index contributed by atoms with van der Waals surface area (Å²) in [5, 5.41) is 10.2. The molecule has 0 bridgehead atoms. The van der Waals surface area contributed by atoms with Gasteiger partial charge in [-0.3, -0.25) is 4.79 Å². The third-order valence-corrected chi connectivity index (χ3v) is 2.72. The van der Waals surface area contributed by atoms with Crippen molar-refractivity contribution in [3.63, 3.8) is 0 Å². The lowest BCUT2D eigenvalue weighted by molar-refractivity contribution is -0.135. The lowest BCUT2D eigenvalue weighted by atomic mass is 10.0. The number of carbonyl (C=O) groups is 1. The molecule has 12 heavy (non-hydrogen) atoms. The van der Waals surface area contributed by atoms with Gasteiger partial charge >= 0.3 is 0 Å². The van der Waals surface area contributed by atoms with E-state index < -0.39 is 0 Å². The van der Waals surface area contributed by atoms with Gasteiger partial charge in [0.25, 0.3) is 0 Å². The number of amides is 1. The number of hydrogen-bond donors (Lipinski definition) is 0. The summed E-state index contributed by atoms with van der Waals surface area (Å²) < 4.78 is 0. The maximum atomic E-state index is 11.3. The lowest BCUT2D eigenvalue weighted by Crippen LogP contribution is -2.51. The fourth-order valence-corrected chi connectivity index (χ4v) is 1.72. The molecule has 66 valence electrons. The Labute approximate surface area is 76.7 Å². The molecule has 0 saturated carbocycles. The zero-order valence-electron chi connectivity index (χ0n) is 7.12. The van der Waals surface area contributed by atoms with Crippen LogP contribution in [0.15, 0.2) is 0 Å². The lowest BCUT2D eigenvalue weighted by Gasteiger charge is -2.40. The van der Waals surface area contributed by atoms with E-state index in [-0.39, 0.29) is 5.91 Å². The van der Waals surface area contributed by atoms with Crippen LogP contribution in [-0.2, 0) is 4.79 Å². The van der Waals surface area contributed by atoms with E-state index in [2.05, 4.69) is 6.92 Å². The second-order valence-electron chi connectivity index (χ2n) is 2.82. The number of thioether (sulfide) groups is 1. The van der Waals surface area contributed by atoms with Gasteiger partial charge < -0.3 is 4.90 Å². The zero-order valence-corrected chi connectivity index (χ0v) is 7.93. The van der Waals surface area contributed by atoms with Crippen LogP contribution in [-0.4, -0.2) is 29.1 Å². The largest absolute Gasteiger partial charge is 0.339 e. The SMILES string of the molecule is CCC1CCN1C(=O)CSC#N. The van der Waals surface area contributed by atoms with Crippen molar-refractivity contribution in [3.8, 4) is 5.40 Å². The van der Waals surface area contributed by atoms with E-state index in [1.54, 1.807) is 0 Å². The summed E-state index contributed by atoms with van der Waals surface area (Å²) in [4.78, 5) is 13.2. The molecular weight excluding hydrogens is 172 g/mol. The van der Waals surface area contributed by atoms with Crippen molar-refractivity contribution in [1.29, 1.82) is 5.26 Å². The van der Waals surface area contributed by atoms with Gasteiger partial charge in [0.05, 0.1) is 5.75 Å². The van der Waals surface area contributed by atoms with E-state index in [1.807, 2.05) is 10.3 Å². The Morgan fingerprint density at radius 3 is 3.00 bits per heavy atom. The van der Waals surface area contributed by atoms with Gasteiger partial charge in [-0.15, -0.1) is 0 Å². The summed E-state index contributed by atoms with van der Waals surface area (Å²) in [7, 11) is 0. The second kappa shape index (κ2) is 4.36. The van der Waals surface area contributed by atoms with Gasteiger partial charge in [0.1, 0.15) is 5.40 Å². The van der Waals surface area contributed by atoms with E-state index >= 15 is 0 Å². The molecule has 4 heteroatoms. The Balaban J connectivity index is 2.29. The first-order valence-electron chi connectivity index (χ1n) is 4.10. The zero-order chi connectivity index (χ0) is 8.97. The van der Waals surface area contributed by atoms with Crippen molar-refractivity contribution >= 4 is 17.7 Å². The molecule has 1 atom stereocenters. The van der Waals surface area contributed by atoms with Gasteiger partial charge in [0, 0.05) is 12.6 Å². The third-order valence-electron chi connectivity index (χ3n) is 2.20. The molecule has 0 aromatic carbocycles. The summed E-state index contributed by atoms with van der Waals surface area (Å²) >= 11 is 1.02. The van der Waals surface area contributed by atoms with Gasteiger partial charge in [0.2, 0.25) is 5.91 Å². The van der Waals surface area contributed by atoms with Crippen LogP contribution in [0.25, 0.3) is 0 Å². The molecule has 1 saturated heterocycles. The first-order chi connectivity index (χ1) is 5.79. The molecule has 0 radical (unpaired) electrons. The number of nitrogens with zero attached hydrogens (tertiary/aromatic N) is 2. The van der Waals surface area contributed by atoms with E-state index in [1.165, 1.54) is 0 Å². The van der Waals surface area contributed by atoms with E-state index in [4.69, 9.17) is 5.26 Å². The van der Waals surface area contributed by atoms with Crippen LogP contribution in [0, 0.1) is 10.7 Å². The van der Waals surface area contributed by atoms with Crippen molar-refractivity contribution in [1.82, 2.24) is 4.90 Å². The fourth-order valence-electron chi connectivity index (χ4n) is 1.37. The van der Waals surface area contributed by atoms with Crippen molar-refractivity contribution in [2.75, 3.05) is 12.3 Å². The molecule has 0 N–H and O–H groups in total. The topological polar surface area (TPSA) is 44.1 Å². The number of carbonyl (C=O) groups excluding carboxylic acids is 1. The molecule has 0 aromatic rings.